The minimum absolute atomic E-state index is 0.0641. The zero-order valence-electron chi connectivity index (χ0n) is 10.3. The molecule has 4 N–H and O–H groups in total. The minimum Gasteiger partial charge on any atom is -0.394 e. The molecule has 0 rings (SSSR count). The summed E-state index contributed by atoms with van der Waals surface area (Å²) < 4.78 is 0. The van der Waals surface area contributed by atoms with Crippen LogP contribution in [0.1, 0.15) is 20.8 Å². The van der Waals surface area contributed by atoms with Crippen molar-refractivity contribution >= 4 is 23.7 Å². The van der Waals surface area contributed by atoms with E-state index in [-0.39, 0.29) is 18.1 Å². The lowest BCUT2D eigenvalue weighted by atomic mass is 10.1. The molecule has 1 unspecified atom stereocenters. The number of aliphatic hydroxyl groups excluding tert-OH is 2. The molecule has 3 amide bonds. The topological polar surface area (TPSA) is 98.7 Å². The Morgan fingerprint density at radius 1 is 1.35 bits per heavy atom. The molecule has 0 aromatic carbocycles. The van der Waals surface area contributed by atoms with Crippen LogP contribution in [0.2, 0.25) is 0 Å². The zero-order chi connectivity index (χ0) is 13.5. The van der Waals surface area contributed by atoms with E-state index >= 15 is 0 Å². The molecule has 0 fully saturated rings. The van der Waals surface area contributed by atoms with E-state index in [0.29, 0.717) is 0 Å². The van der Waals surface area contributed by atoms with Gasteiger partial charge in [0.05, 0.1) is 18.5 Å². The third-order valence-corrected chi connectivity index (χ3v) is 2.58. The lowest BCUT2D eigenvalue weighted by Crippen LogP contribution is -2.48. The lowest BCUT2D eigenvalue weighted by Gasteiger charge is -2.20. The van der Waals surface area contributed by atoms with E-state index in [1.54, 1.807) is 0 Å². The highest BCUT2D eigenvalue weighted by Gasteiger charge is 2.15. The van der Waals surface area contributed by atoms with Gasteiger partial charge in [0.25, 0.3) is 0 Å². The summed E-state index contributed by atoms with van der Waals surface area (Å²) in [6, 6.07) is -0.536. The lowest BCUT2D eigenvalue weighted by molar-refractivity contribution is -0.117. The van der Waals surface area contributed by atoms with Crippen molar-refractivity contribution in [1.29, 1.82) is 0 Å². The Hall–Kier alpha value is -0.790. The highest BCUT2D eigenvalue weighted by atomic mass is 32.2. The molecule has 0 saturated heterocycles. The average Bonchev–Trinajstić information content (AvgIpc) is 2.13. The van der Waals surface area contributed by atoms with Crippen LogP contribution in [0.4, 0.5) is 4.79 Å². The van der Waals surface area contributed by atoms with E-state index in [1.165, 1.54) is 0 Å². The van der Waals surface area contributed by atoms with Crippen LogP contribution in [0, 0.1) is 0 Å². The fourth-order valence-electron chi connectivity index (χ4n) is 0.875. The first kappa shape index (κ1) is 16.2. The number of carbonyl (C=O) groups is 2. The fraction of sp³-hybridized carbons (Fsp3) is 0.800. The Bertz CT molecular complexity index is 266. The average molecular weight is 264 g/mol. The number of urea groups is 1. The van der Waals surface area contributed by atoms with Crippen LogP contribution in [0.5, 0.6) is 0 Å². The van der Waals surface area contributed by atoms with Crippen molar-refractivity contribution in [2.75, 3.05) is 18.1 Å². The van der Waals surface area contributed by atoms with Gasteiger partial charge in [0.2, 0.25) is 5.91 Å². The number of amides is 3. The van der Waals surface area contributed by atoms with Gasteiger partial charge in [-0.25, -0.2) is 4.79 Å². The molecule has 0 aliphatic rings. The second kappa shape index (κ2) is 7.52. The molecule has 7 heteroatoms. The second-order valence-corrected chi connectivity index (χ2v) is 5.63. The fourth-order valence-corrected chi connectivity index (χ4v) is 1.63. The highest BCUT2D eigenvalue weighted by molar-refractivity contribution is 7.99. The number of carbonyl (C=O) groups excluding carboxylic acids is 2. The van der Waals surface area contributed by atoms with Crippen molar-refractivity contribution in [3.63, 3.8) is 0 Å². The van der Waals surface area contributed by atoms with Crippen molar-refractivity contribution in [1.82, 2.24) is 10.6 Å². The molecule has 0 heterocycles. The van der Waals surface area contributed by atoms with Crippen LogP contribution in [-0.4, -0.2) is 51.9 Å². The molecule has 0 saturated carbocycles. The molecule has 17 heavy (non-hydrogen) atoms. The van der Waals surface area contributed by atoms with Gasteiger partial charge in [0.1, 0.15) is 0 Å². The van der Waals surface area contributed by atoms with Crippen LogP contribution >= 0.6 is 11.8 Å². The summed E-state index contributed by atoms with van der Waals surface area (Å²) in [5.74, 6) is -0.110. The predicted molar refractivity (Wildman–Crippen MR) is 66.8 cm³/mol. The molecule has 6 nitrogen and oxygen atoms in total. The van der Waals surface area contributed by atoms with Gasteiger partial charge < -0.3 is 15.5 Å². The van der Waals surface area contributed by atoms with Gasteiger partial charge in [-0.3, -0.25) is 10.1 Å². The summed E-state index contributed by atoms with van der Waals surface area (Å²) >= 11 is 1.15. The number of imide groups is 1. The van der Waals surface area contributed by atoms with E-state index in [4.69, 9.17) is 10.2 Å². The van der Waals surface area contributed by atoms with Crippen molar-refractivity contribution < 1.29 is 19.8 Å². The van der Waals surface area contributed by atoms with Crippen molar-refractivity contribution in [3.8, 4) is 0 Å². The van der Waals surface area contributed by atoms with Gasteiger partial charge in [0.15, 0.2) is 0 Å². The third kappa shape index (κ3) is 10.1. The van der Waals surface area contributed by atoms with Crippen LogP contribution in [0.25, 0.3) is 0 Å². The van der Waals surface area contributed by atoms with Crippen LogP contribution in [-0.2, 0) is 4.79 Å². The molecule has 1 atom stereocenters. The van der Waals surface area contributed by atoms with Gasteiger partial charge in [0, 0.05) is 11.3 Å². The Balaban J connectivity index is 3.76. The van der Waals surface area contributed by atoms with Gasteiger partial charge in [-0.2, -0.15) is 0 Å². The molecular formula is C10H20N2O4S. The third-order valence-electron chi connectivity index (χ3n) is 1.50. The quantitative estimate of drug-likeness (QED) is 0.546. The summed E-state index contributed by atoms with van der Waals surface area (Å²) in [6.45, 7) is 5.09. The van der Waals surface area contributed by atoms with E-state index in [1.807, 2.05) is 20.8 Å². The largest absolute Gasteiger partial charge is 0.394 e. The summed E-state index contributed by atoms with van der Waals surface area (Å²) in [7, 11) is 0. The normalized spacial score (nSPS) is 13.0. The maximum absolute atomic E-state index is 11.3. The molecule has 0 bridgehead atoms. The first-order valence-electron chi connectivity index (χ1n) is 5.23. The molecule has 0 aromatic rings. The zero-order valence-corrected chi connectivity index (χ0v) is 11.1. The van der Waals surface area contributed by atoms with Crippen LogP contribution in [0.3, 0.4) is 0 Å². The molecule has 0 radical (unpaired) electrons. The van der Waals surface area contributed by atoms with Gasteiger partial charge in [-0.05, 0) is 20.8 Å². The van der Waals surface area contributed by atoms with E-state index in [9.17, 15) is 9.59 Å². The SMILES string of the molecule is CC(C)(C)NC(=O)NC(=O)CSCC(O)CO. The highest BCUT2D eigenvalue weighted by Crippen LogP contribution is 2.02. The Labute approximate surface area is 105 Å². The van der Waals surface area contributed by atoms with Crippen molar-refractivity contribution in [3.05, 3.63) is 0 Å². The first-order chi connectivity index (χ1) is 7.74. The number of hydrogen-bond donors (Lipinski definition) is 4. The number of rotatable bonds is 5. The van der Waals surface area contributed by atoms with Crippen LogP contribution < -0.4 is 10.6 Å². The molecule has 0 aliphatic carbocycles. The Morgan fingerprint density at radius 2 is 1.94 bits per heavy atom. The van der Waals surface area contributed by atoms with Crippen molar-refractivity contribution in [2.45, 2.75) is 32.4 Å². The molecule has 100 valence electrons. The first-order valence-corrected chi connectivity index (χ1v) is 6.38. The second-order valence-electron chi connectivity index (χ2n) is 4.60. The number of nitrogens with one attached hydrogen (secondary N) is 2. The Morgan fingerprint density at radius 3 is 2.41 bits per heavy atom. The van der Waals surface area contributed by atoms with Crippen LogP contribution in [0.15, 0.2) is 0 Å². The maximum Gasteiger partial charge on any atom is 0.321 e. The van der Waals surface area contributed by atoms with Gasteiger partial charge in [-0.1, -0.05) is 0 Å². The summed E-state index contributed by atoms with van der Waals surface area (Å²) in [4.78, 5) is 22.6. The smallest absolute Gasteiger partial charge is 0.321 e. The molecule has 0 spiro atoms. The number of hydrogen-bond acceptors (Lipinski definition) is 5. The van der Waals surface area contributed by atoms with E-state index < -0.39 is 23.6 Å². The summed E-state index contributed by atoms with van der Waals surface area (Å²) in [6.07, 6.45) is -0.837. The van der Waals surface area contributed by atoms with Crippen molar-refractivity contribution in [2.24, 2.45) is 0 Å². The van der Waals surface area contributed by atoms with E-state index in [2.05, 4.69) is 10.6 Å². The van der Waals surface area contributed by atoms with Gasteiger partial charge >= 0.3 is 6.03 Å². The van der Waals surface area contributed by atoms with E-state index in [0.717, 1.165) is 11.8 Å². The number of aliphatic hydroxyl groups is 2. The van der Waals surface area contributed by atoms with Gasteiger partial charge in [-0.15, -0.1) is 11.8 Å². The molecular weight excluding hydrogens is 244 g/mol. The maximum atomic E-state index is 11.3. The summed E-state index contributed by atoms with van der Waals surface area (Å²) in [5.41, 5.74) is -0.398. The predicted octanol–water partition coefficient (Wildman–Crippen LogP) is -0.303. The number of thioether (sulfide) groups is 1. The summed E-state index contributed by atoms with van der Waals surface area (Å²) in [5, 5.41) is 22.3. The Kier molecular flexibility index (Phi) is 7.17. The molecule has 0 aromatic heterocycles. The standard InChI is InChI=1S/C10H20N2O4S/c1-10(2,3)12-9(16)11-8(15)6-17-5-7(14)4-13/h7,13-14H,4-6H2,1-3H3,(H2,11,12,15,16). The monoisotopic (exact) mass is 264 g/mol. The molecule has 0 aliphatic heterocycles. The minimum atomic E-state index is -0.837.